The van der Waals surface area contributed by atoms with Crippen LogP contribution >= 0.6 is 0 Å². The van der Waals surface area contributed by atoms with E-state index in [2.05, 4.69) is 4.98 Å². The van der Waals surface area contributed by atoms with E-state index in [1.165, 1.54) is 12.3 Å². The van der Waals surface area contributed by atoms with Crippen LogP contribution in [0.3, 0.4) is 0 Å². The predicted octanol–water partition coefficient (Wildman–Crippen LogP) is 7.99. The second-order valence-corrected chi connectivity index (χ2v) is 8.59. The van der Waals surface area contributed by atoms with Crippen molar-refractivity contribution in [1.82, 2.24) is 4.98 Å². The third-order valence-corrected chi connectivity index (χ3v) is 5.66. The van der Waals surface area contributed by atoms with Crippen molar-refractivity contribution in [2.75, 3.05) is 0 Å². The van der Waals surface area contributed by atoms with E-state index in [-0.39, 0.29) is 17.7 Å². The summed E-state index contributed by atoms with van der Waals surface area (Å²) in [5.41, 5.74) is 2.43. The Bertz CT molecular complexity index is 1420. The number of alkyl halides is 3. The van der Waals surface area contributed by atoms with Gasteiger partial charge in [0.2, 0.25) is 0 Å². The largest absolute Gasteiger partial charge is 0.481 e. The third kappa shape index (κ3) is 6.67. The van der Waals surface area contributed by atoms with Crippen molar-refractivity contribution in [3.05, 3.63) is 101 Å². The van der Waals surface area contributed by atoms with Crippen LogP contribution in [0.25, 0.3) is 11.3 Å². The van der Waals surface area contributed by atoms with Gasteiger partial charge in [0.1, 0.15) is 23.0 Å². The van der Waals surface area contributed by atoms with Gasteiger partial charge in [0, 0.05) is 24.2 Å². The second kappa shape index (κ2) is 10.7. The maximum Gasteiger partial charge on any atom is 0.416 e. The fourth-order valence-electron chi connectivity index (χ4n) is 3.87. The summed E-state index contributed by atoms with van der Waals surface area (Å²) in [6, 6.07) is 18.9. The molecule has 0 unspecified atom stereocenters. The molecule has 4 aromatic rings. The summed E-state index contributed by atoms with van der Waals surface area (Å²) in [7, 11) is 0. The summed E-state index contributed by atoms with van der Waals surface area (Å²) >= 11 is 0. The predicted molar refractivity (Wildman–Crippen MR) is 133 cm³/mol. The zero-order valence-electron chi connectivity index (χ0n) is 20.2. The van der Waals surface area contributed by atoms with Gasteiger partial charge in [-0.05, 0) is 91.6 Å². The van der Waals surface area contributed by atoms with Crippen molar-refractivity contribution < 1.29 is 32.5 Å². The number of pyridine rings is 1. The number of nitrogens with zero attached hydrogens (tertiary/aromatic N) is 1. The minimum atomic E-state index is -4.51. The highest BCUT2D eigenvalue weighted by atomic mass is 19.4. The number of aryl methyl sites for hydroxylation is 3. The van der Waals surface area contributed by atoms with E-state index in [1.807, 2.05) is 32.0 Å². The second-order valence-electron chi connectivity index (χ2n) is 8.59. The lowest BCUT2D eigenvalue weighted by Crippen LogP contribution is -2.05. The first-order valence-corrected chi connectivity index (χ1v) is 11.5. The molecule has 37 heavy (non-hydrogen) atoms. The lowest BCUT2D eigenvalue weighted by atomic mass is 10.0. The molecule has 0 atom stereocenters. The van der Waals surface area contributed by atoms with E-state index < -0.39 is 17.7 Å². The summed E-state index contributed by atoms with van der Waals surface area (Å²) < 4.78 is 52.2. The number of hydrogen-bond donors (Lipinski definition) is 1. The van der Waals surface area contributed by atoms with E-state index in [4.69, 9.17) is 14.6 Å². The van der Waals surface area contributed by atoms with Crippen LogP contribution < -0.4 is 9.47 Å². The third-order valence-electron chi connectivity index (χ3n) is 5.66. The Hall–Kier alpha value is -4.33. The SMILES string of the molecule is Cc1cc(Oc2ccc(CCC(=O)O)c(C)c2)cc(Oc2ccc(C(F)(F)F)cc2-c2ccccn2)c1. The molecule has 0 aliphatic heterocycles. The number of halogens is 3. The maximum absolute atomic E-state index is 13.4. The van der Waals surface area contributed by atoms with Crippen LogP contribution in [-0.2, 0) is 17.4 Å². The highest BCUT2D eigenvalue weighted by Gasteiger charge is 2.31. The molecule has 1 heterocycles. The topological polar surface area (TPSA) is 68.7 Å². The first-order chi connectivity index (χ1) is 17.6. The Morgan fingerprint density at radius 3 is 2.30 bits per heavy atom. The normalized spacial score (nSPS) is 11.3. The van der Waals surface area contributed by atoms with Crippen LogP contribution in [0, 0.1) is 13.8 Å². The summed E-state index contributed by atoms with van der Waals surface area (Å²) in [5, 5.41) is 8.91. The molecule has 190 valence electrons. The van der Waals surface area contributed by atoms with Gasteiger partial charge in [-0.3, -0.25) is 9.78 Å². The Kier molecular flexibility index (Phi) is 7.47. The van der Waals surface area contributed by atoms with Crippen LogP contribution in [0.15, 0.2) is 79.0 Å². The number of aliphatic carboxylic acids is 1. The van der Waals surface area contributed by atoms with Gasteiger partial charge in [0.25, 0.3) is 0 Å². The molecule has 4 rings (SSSR count). The van der Waals surface area contributed by atoms with Crippen molar-refractivity contribution in [2.45, 2.75) is 32.9 Å². The first-order valence-electron chi connectivity index (χ1n) is 11.5. The lowest BCUT2D eigenvalue weighted by molar-refractivity contribution is -0.138. The van der Waals surface area contributed by atoms with Crippen LogP contribution in [0.5, 0.6) is 23.0 Å². The van der Waals surface area contributed by atoms with Crippen molar-refractivity contribution in [3.63, 3.8) is 0 Å². The molecular weight excluding hydrogens is 483 g/mol. The Morgan fingerprint density at radius 2 is 1.65 bits per heavy atom. The number of hydrogen-bond acceptors (Lipinski definition) is 4. The van der Waals surface area contributed by atoms with Crippen molar-refractivity contribution in [1.29, 1.82) is 0 Å². The molecule has 1 aromatic heterocycles. The molecule has 3 aromatic carbocycles. The molecule has 1 N–H and O–H groups in total. The molecule has 0 saturated carbocycles. The summed E-state index contributed by atoms with van der Waals surface area (Å²) in [5.74, 6) is 0.811. The first kappa shape index (κ1) is 25.8. The summed E-state index contributed by atoms with van der Waals surface area (Å²) in [6.07, 6.45) is -2.53. The Morgan fingerprint density at radius 1 is 0.892 bits per heavy atom. The van der Waals surface area contributed by atoms with Gasteiger partial charge in [0.15, 0.2) is 0 Å². The lowest BCUT2D eigenvalue weighted by Gasteiger charge is -2.16. The minimum Gasteiger partial charge on any atom is -0.481 e. The number of carboxylic acid groups (broad SMARTS) is 1. The van der Waals surface area contributed by atoms with Crippen LogP contribution in [0.1, 0.15) is 28.7 Å². The maximum atomic E-state index is 13.4. The van der Waals surface area contributed by atoms with E-state index in [0.717, 1.165) is 28.8 Å². The van der Waals surface area contributed by atoms with E-state index >= 15 is 0 Å². The molecule has 8 heteroatoms. The fraction of sp³-hybridized carbons (Fsp3) is 0.172. The molecular formula is C29H24F3NO4. The number of carboxylic acids is 1. The molecule has 0 spiro atoms. The van der Waals surface area contributed by atoms with E-state index in [0.29, 0.717) is 29.4 Å². The molecule has 0 bridgehead atoms. The molecule has 5 nitrogen and oxygen atoms in total. The number of ether oxygens (including phenoxy) is 2. The number of carbonyl (C=O) groups is 1. The van der Waals surface area contributed by atoms with Gasteiger partial charge in [0.05, 0.1) is 11.3 Å². The Labute approximate surface area is 212 Å². The summed E-state index contributed by atoms with van der Waals surface area (Å²) in [4.78, 5) is 15.1. The van der Waals surface area contributed by atoms with Gasteiger partial charge >= 0.3 is 12.1 Å². The van der Waals surface area contributed by atoms with Gasteiger partial charge in [-0.2, -0.15) is 13.2 Å². The van der Waals surface area contributed by atoms with Gasteiger partial charge in [-0.15, -0.1) is 0 Å². The van der Waals surface area contributed by atoms with Crippen molar-refractivity contribution >= 4 is 5.97 Å². The van der Waals surface area contributed by atoms with Crippen LogP contribution in [0.2, 0.25) is 0 Å². The average Bonchev–Trinajstić information content (AvgIpc) is 2.83. The van der Waals surface area contributed by atoms with Gasteiger partial charge in [-0.25, -0.2) is 0 Å². The number of benzene rings is 3. The molecule has 0 aliphatic rings. The molecule has 0 fully saturated rings. The number of aromatic nitrogens is 1. The zero-order valence-corrected chi connectivity index (χ0v) is 20.2. The minimum absolute atomic E-state index is 0.0457. The van der Waals surface area contributed by atoms with E-state index in [9.17, 15) is 18.0 Å². The molecule has 0 aliphatic carbocycles. The highest BCUT2D eigenvalue weighted by Crippen LogP contribution is 2.39. The average molecular weight is 508 g/mol. The molecule has 0 amide bonds. The van der Waals surface area contributed by atoms with Crippen LogP contribution in [-0.4, -0.2) is 16.1 Å². The number of rotatable bonds is 8. The smallest absolute Gasteiger partial charge is 0.416 e. The Balaban J connectivity index is 1.61. The van der Waals surface area contributed by atoms with Crippen molar-refractivity contribution in [2.24, 2.45) is 0 Å². The van der Waals surface area contributed by atoms with Crippen LogP contribution in [0.4, 0.5) is 13.2 Å². The summed E-state index contributed by atoms with van der Waals surface area (Å²) in [6.45, 7) is 3.74. The van der Waals surface area contributed by atoms with Crippen molar-refractivity contribution in [3.8, 4) is 34.3 Å². The fourth-order valence-corrected chi connectivity index (χ4v) is 3.87. The molecule has 0 radical (unpaired) electrons. The molecule has 0 saturated heterocycles. The zero-order chi connectivity index (χ0) is 26.6. The highest BCUT2D eigenvalue weighted by molar-refractivity contribution is 5.69. The van der Waals surface area contributed by atoms with Gasteiger partial charge < -0.3 is 14.6 Å². The van der Waals surface area contributed by atoms with E-state index in [1.54, 1.807) is 36.4 Å². The monoisotopic (exact) mass is 507 g/mol. The van der Waals surface area contributed by atoms with Gasteiger partial charge in [-0.1, -0.05) is 12.1 Å². The standard InChI is InChI=1S/C29H24F3NO4/c1-18-13-23(36-22-9-6-20(19(2)15-22)7-11-28(34)35)17-24(14-18)37-27-10-8-21(29(30,31)32)16-25(27)26-5-3-4-12-33-26/h3-6,8-10,12-17H,7,11H2,1-2H3,(H,34,35). The quantitative estimate of drug-likeness (QED) is 0.262.